The highest BCUT2D eigenvalue weighted by atomic mass is 15.0. The van der Waals surface area contributed by atoms with E-state index in [0.29, 0.717) is 0 Å². The van der Waals surface area contributed by atoms with E-state index >= 15 is 0 Å². The summed E-state index contributed by atoms with van der Waals surface area (Å²) >= 11 is 0. The minimum atomic E-state index is 0.801. The van der Waals surface area contributed by atoms with Gasteiger partial charge in [0.15, 0.2) is 0 Å². The van der Waals surface area contributed by atoms with E-state index in [9.17, 15) is 0 Å². The Hall–Kier alpha value is -0.460. The van der Waals surface area contributed by atoms with Crippen LogP contribution in [0.15, 0.2) is 12.3 Å². The minimum absolute atomic E-state index is 0.801. The molecule has 1 heterocycles. The van der Waals surface area contributed by atoms with Gasteiger partial charge in [0.1, 0.15) is 0 Å². The van der Waals surface area contributed by atoms with Crippen molar-refractivity contribution in [1.82, 2.24) is 5.32 Å². The number of rotatable bonds is 1. The summed E-state index contributed by atoms with van der Waals surface area (Å²) in [6.45, 7) is 10.2. The number of allylic oxidation sites excluding steroid dienone is 1. The van der Waals surface area contributed by atoms with Gasteiger partial charge in [0.25, 0.3) is 0 Å². The highest BCUT2D eigenvalue weighted by Crippen LogP contribution is 2.47. The number of nitrogens with one attached hydrogen (secondary N) is 1. The van der Waals surface area contributed by atoms with Crippen LogP contribution in [0.2, 0.25) is 0 Å². The summed E-state index contributed by atoms with van der Waals surface area (Å²) in [6.07, 6.45) is 2.67. The average molecular weight is 153 g/mol. The van der Waals surface area contributed by atoms with Crippen LogP contribution in [0.4, 0.5) is 0 Å². The lowest BCUT2D eigenvalue weighted by atomic mass is 10.0. The molecule has 2 fully saturated rings. The van der Waals surface area contributed by atoms with Gasteiger partial charge in [0, 0.05) is 17.7 Å². The van der Waals surface area contributed by atoms with Crippen molar-refractivity contribution >= 4 is 0 Å². The average Bonchev–Trinajstić information content (AvgIpc) is 2.69. The molecule has 0 radical (unpaired) electrons. The summed E-state index contributed by atoms with van der Waals surface area (Å²) in [5, 5.41) is 3.40. The molecule has 1 aliphatic heterocycles. The van der Waals surface area contributed by atoms with Gasteiger partial charge in [0.2, 0.25) is 0 Å². The van der Waals surface area contributed by atoms with Gasteiger partial charge >= 0.3 is 0 Å². The third-order valence-corrected chi connectivity index (χ3v) is 2.61. The van der Waals surface area contributed by atoms with Crippen molar-refractivity contribution < 1.29 is 0 Å². The smallest absolute Gasteiger partial charge is 0.0297 e. The summed E-state index contributed by atoms with van der Waals surface area (Å²) in [5.74, 6) is 1.76. The summed E-state index contributed by atoms with van der Waals surface area (Å²) < 4.78 is 0. The predicted octanol–water partition coefficient (Wildman–Crippen LogP) is 2.54. The first kappa shape index (κ1) is 8.63. The largest absolute Gasteiger partial charge is 0.386 e. The van der Waals surface area contributed by atoms with Crippen LogP contribution in [0, 0.1) is 11.8 Å². The van der Waals surface area contributed by atoms with Crippen LogP contribution < -0.4 is 5.32 Å². The van der Waals surface area contributed by atoms with Gasteiger partial charge in [-0.2, -0.15) is 0 Å². The molecule has 3 atom stereocenters. The fourth-order valence-electron chi connectivity index (χ4n) is 1.98. The molecule has 1 N–H and O–H groups in total. The van der Waals surface area contributed by atoms with Crippen LogP contribution in [0.25, 0.3) is 0 Å². The Morgan fingerprint density at radius 3 is 2.45 bits per heavy atom. The molecule has 1 saturated carbocycles. The summed E-state index contributed by atoms with van der Waals surface area (Å²) in [5.41, 5.74) is 1.29. The van der Waals surface area contributed by atoms with E-state index in [-0.39, 0.29) is 0 Å². The van der Waals surface area contributed by atoms with Crippen LogP contribution in [0.3, 0.4) is 0 Å². The van der Waals surface area contributed by atoms with E-state index in [0.717, 1.165) is 17.9 Å². The van der Waals surface area contributed by atoms with Crippen LogP contribution in [0.5, 0.6) is 0 Å². The van der Waals surface area contributed by atoms with Crippen molar-refractivity contribution in [3.8, 4) is 0 Å². The van der Waals surface area contributed by atoms with E-state index in [1.807, 2.05) is 13.8 Å². The van der Waals surface area contributed by atoms with Gasteiger partial charge in [-0.25, -0.2) is 0 Å². The second-order valence-corrected chi connectivity index (χ2v) is 3.19. The molecule has 0 amide bonds. The lowest BCUT2D eigenvalue weighted by Crippen LogP contribution is -2.11. The normalized spacial score (nSPS) is 38.5. The van der Waals surface area contributed by atoms with E-state index < -0.39 is 0 Å². The third-order valence-electron chi connectivity index (χ3n) is 2.61. The molecule has 0 aromatic carbocycles. The van der Waals surface area contributed by atoms with Crippen LogP contribution >= 0.6 is 0 Å². The molecular weight excluding hydrogens is 134 g/mol. The Labute approximate surface area is 69.9 Å². The van der Waals surface area contributed by atoms with E-state index in [1.54, 1.807) is 0 Å². The Kier molecular flexibility index (Phi) is 2.58. The second kappa shape index (κ2) is 3.29. The summed E-state index contributed by atoms with van der Waals surface area (Å²) in [4.78, 5) is 0. The lowest BCUT2D eigenvalue weighted by Gasteiger charge is -2.09. The second-order valence-electron chi connectivity index (χ2n) is 3.19. The molecular formula is C10H19N. The zero-order valence-electron chi connectivity index (χ0n) is 7.85. The van der Waals surface area contributed by atoms with Crippen LogP contribution in [0.1, 0.15) is 33.6 Å². The first-order chi connectivity index (χ1) is 5.33. The molecule has 64 valence electrons. The van der Waals surface area contributed by atoms with E-state index in [2.05, 4.69) is 18.8 Å². The van der Waals surface area contributed by atoms with Gasteiger partial charge in [-0.05, 0) is 18.8 Å². The van der Waals surface area contributed by atoms with Gasteiger partial charge in [-0.1, -0.05) is 27.4 Å². The van der Waals surface area contributed by atoms with Crippen molar-refractivity contribution in [2.75, 3.05) is 0 Å². The van der Waals surface area contributed by atoms with Gasteiger partial charge < -0.3 is 5.32 Å². The van der Waals surface area contributed by atoms with Crippen molar-refractivity contribution in [2.45, 2.75) is 39.7 Å². The van der Waals surface area contributed by atoms with E-state index in [4.69, 9.17) is 0 Å². The standard InChI is InChI=1S/C8H13N.C2H6/c1-3-6-5(2)9-8-4-7(6)8;1-2/h6-9H,2-4H2,1H3;1-2H3. The zero-order valence-corrected chi connectivity index (χ0v) is 7.85. The van der Waals surface area contributed by atoms with Gasteiger partial charge in [-0.15, -0.1) is 0 Å². The first-order valence-corrected chi connectivity index (χ1v) is 4.78. The molecule has 11 heavy (non-hydrogen) atoms. The Morgan fingerprint density at radius 2 is 2.18 bits per heavy atom. The molecule has 3 unspecified atom stereocenters. The monoisotopic (exact) mass is 153 g/mol. The number of piperidine rings is 1. The predicted molar refractivity (Wildman–Crippen MR) is 49.3 cm³/mol. The number of hydrogen-bond donors (Lipinski definition) is 1. The highest BCUT2D eigenvalue weighted by molar-refractivity contribution is 5.19. The van der Waals surface area contributed by atoms with Crippen LogP contribution in [-0.2, 0) is 0 Å². The molecule has 0 spiro atoms. The fraction of sp³-hybridized carbons (Fsp3) is 0.800. The summed E-state index contributed by atoms with van der Waals surface area (Å²) in [6, 6.07) is 0.822. The first-order valence-electron chi connectivity index (χ1n) is 4.78. The van der Waals surface area contributed by atoms with E-state index in [1.165, 1.54) is 18.5 Å². The van der Waals surface area contributed by atoms with Crippen LogP contribution in [-0.4, -0.2) is 6.04 Å². The van der Waals surface area contributed by atoms with Gasteiger partial charge in [-0.3, -0.25) is 0 Å². The maximum Gasteiger partial charge on any atom is 0.0297 e. The third kappa shape index (κ3) is 1.42. The number of hydrogen-bond acceptors (Lipinski definition) is 1. The fourth-order valence-corrected chi connectivity index (χ4v) is 1.98. The lowest BCUT2D eigenvalue weighted by molar-refractivity contribution is 0.548. The minimum Gasteiger partial charge on any atom is -0.386 e. The molecule has 0 aromatic heterocycles. The quantitative estimate of drug-likeness (QED) is 0.610. The van der Waals surface area contributed by atoms with Crippen molar-refractivity contribution in [1.29, 1.82) is 0 Å². The zero-order chi connectivity index (χ0) is 8.43. The number of fused-ring (bicyclic) bond motifs is 1. The molecule has 1 aliphatic carbocycles. The van der Waals surface area contributed by atoms with Crippen molar-refractivity contribution in [2.24, 2.45) is 11.8 Å². The maximum atomic E-state index is 3.98. The molecule has 2 rings (SSSR count). The van der Waals surface area contributed by atoms with Gasteiger partial charge in [0.05, 0.1) is 0 Å². The Bertz CT molecular complexity index is 151. The molecule has 1 saturated heterocycles. The molecule has 2 aliphatic rings. The molecule has 0 bridgehead atoms. The Morgan fingerprint density at radius 1 is 1.55 bits per heavy atom. The molecule has 0 aromatic rings. The SMILES string of the molecule is C=C1NC2CC2C1CC.CC. The van der Waals surface area contributed by atoms with Crippen molar-refractivity contribution in [3.63, 3.8) is 0 Å². The topological polar surface area (TPSA) is 12.0 Å². The molecule has 1 heteroatoms. The molecule has 1 nitrogen and oxygen atoms in total. The van der Waals surface area contributed by atoms with Crippen molar-refractivity contribution in [3.05, 3.63) is 12.3 Å². The maximum absolute atomic E-state index is 3.98. The highest BCUT2D eigenvalue weighted by Gasteiger charge is 2.49. The summed E-state index contributed by atoms with van der Waals surface area (Å²) in [7, 11) is 0. The Balaban J connectivity index is 0.000000281.